The summed E-state index contributed by atoms with van der Waals surface area (Å²) in [5, 5.41) is -0.277. The van der Waals surface area contributed by atoms with Crippen LogP contribution in [0.1, 0.15) is 57.9 Å². The molecule has 20 heavy (non-hydrogen) atoms. The highest BCUT2D eigenvalue weighted by Gasteiger charge is 2.20. The molecule has 3 heteroatoms. The summed E-state index contributed by atoms with van der Waals surface area (Å²) in [6, 6.07) is 9.87. The van der Waals surface area contributed by atoms with Crippen molar-refractivity contribution in [1.82, 2.24) is 0 Å². The molecule has 0 radical (unpaired) electrons. The van der Waals surface area contributed by atoms with Gasteiger partial charge in [0.1, 0.15) is 0 Å². The van der Waals surface area contributed by atoms with E-state index in [0.717, 1.165) is 24.8 Å². The maximum Gasteiger partial charge on any atom is 0.153 e. The molecule has 0 aromatic heterocycles. The summed E-state index contributed by atoms with van der Waals surface area (Å²) in [5.74, 6) is 0.340. The highest BCUT2D eigenvalue weighted by atomic mass is 32.2. The summed E-state index contributed by atoms with van der Waals surface area (Å²) < 4.78 is 24.4. The Hall–Kier alpha value is -0.830. The fourth-order valence-corrected chi connectivity index (χ4v) is 3.81. The zero-order valence-corrected chi connectivity index (χ0v) is 13.7. The van der Waals surface area contributed by atoms with Gasteiger partial charge >= 0.3 is 0 Å². The van der Waals surface area contributed by atoms with Crippen molar-refractivity contribution in [2.24, 2.45) is 0 Å². The molecule has 1 rings (SSSR count). The van der Waals surface area contributed by atoms with Crippen LogP contribution in [-0.2, 0) is 16.3 Å². The Bertz CT molecular complexity index is 451. The van der Waals surface area contributed by atoms with Gasteiger partial charge in [-0.15, -0.1) is 0 Å². The second-order valence-electron chi connectivity index (χ2n) is 5.64. The lowest BCUT2D eigenvalue weighted by Crippen LogP contribution is -2.23. The molecular weight excluding hydrogens is 268 g/mol. The van der Waals surface area contributed by atoms with Gasteiger partial charge in [-0.2, -0.15) is 0 Å². The maximum atomic E-state index is 12.2. The van der Waals surface area contributed by atoms with Gasteiger partial charge in [0.2, 0.25) is 0 Å². The van der Waals surface area contributed by atoms with Crippen LogP contribution in [0, 0.1) is 0 Å². The molecule has 0 aliphatic heterocycles. The largest absolute Gasteiger partial charge is 0.229 e. The molecule has 0 N–H and O–H groups in total. The first kappa shape index (κ1) is 17.2. The first-order chi connectivity index (χ1) is 9.56. The predicted molar refractivity (Wildman–Crippen MR) is 86.8 cm³/mol. The van der Waals surface area contributed by atoms with Gasteiger partial charge in [0.05, 0.1) is 11.0 Å². The van der Waals surface area contributed by atoms with Gasteiger partial charge in [-0.3, -0.25) is 0 Å². The number of rotatable bonds is 10. The Morgan fingerprint density at radius 1 is 0.950 bits per heavy atom. The normalized spacial score (nSPS) is 13.3. The molecule has 0 amide bonds. The van der Waals surface area contributed by atoms with E-state index in [1.165, 1.54) is 19.3 Å². The van der Waals surface area contributed by atoms with E-state index in [1.54, 1.807) is 0 Å². The van der Waals surface area contributed by atoms with Crippen LogP contribution >= 0.6 is 0 Å². The van der Waals surface area contributed by atoms with E-state index >= 15 is 0 Å². The van der Waals surface area contributed by atoms with Crippen molar-refractivity contribution >= 4 is 9.84 Å². The van der Waals surface area contributed by atoms with E-state index in [2.05, 4.69) is 6.92 Å². The quantitative estimate of drug-likeness (QED) is 0.600. The zero-order valence-electron chi connectivity index (χ0n) is 12.8. The summed E-state index contributed by atoms with van der Waals surface area (Å²) >= 11 is 0. The Kier molecular flexibility index (Phi) is 7.90. The fourth-order valence-electron chi connectivity index (χ4n) is 2.36. The summed E-state index contributed by atoms with van der Waals surface area (Å²) in [5.41, 5.74) is 1.10. The molecule has 1 aromatic carbocycles. The maximum absolute atomic E-state index is 12.2. The predicted octanol–water partition coefficient (Wildman–Crippen LogP) is 4.39. The Balaban J connectivity index is 2.32. The molecule has 1 atom stereocenters. The van der Waals surface area contributed by atoms with Crippen LogP contribution in [0.2, 0.25) is 0 Å². The van der Waals surface area contributed by atoms with Gasteiger partial charge in [-0.25, -0.2) is 8.42 Å². The molecule has 0 aliphatic rings. The number of sulfone groups is 1. The summed E-state index contributed by atoms with van der Waals surface area (Å²) in [6.07, 6.45) is 7.36. The van der Waals surface area contributed by atoms with Crippen LogP contribution in [0.4, 0.5) is 0 Å². The lowest BCUT2D eigenvalue weighted by molar-refractivity contribution is 0.572. The highest BCUT2D eigenvalue weighted by Crippen LogP contribution is 2.13. The van der Waals surface area contributed by atoms with Gasteiger partial charge in [-0.1, -0.05) is 69.4 Å². The molecule has 0 spiro atoms. The third-order valence-electron chi connectivity index (χ3n) is 3.76. The lowest BCUT2D eigenvalue weighted by atomic mass is 10.1. The minimum atomic E-state index is -2.95. The summed E-state index contributed by atoms with van der Waals surface area (Å²) in [7, 11) is -2.95. The monoisotopic (exact) mass is 296 g/mol. The number of unbranched alkanes of at least 4 members (excludes halogenated alkanes) is 5. The zero-order chi connectivity index (χ0) is 14.8. The SMILES string of the molecule is CCCCCCCCS(=O)(=O)C(C)Cc1ccccc1. The molecule has 114 valence electrons. The van der Waals surface area contributed by atoms with Gasteiger partial charge < -0.3 is 0 Å². The van der Waals surface area contributed by atoms with Crippen molar-refractivity contribution in [2.45, 2.75) is 64.0 Å². The second-order valence-corrected chi connectivity index (χ2v) is 8.17. The number of hydrogen-bond donors (Lipinski definition) is 0. The standard InChI is InChI=1S/C17H28O2S/c1-3-4-5-6-7-11-14-20(18,19)16(2)15-17-12-9-8-10-13-17/h8-10,12-13,16H,3-7,11,14-15H2,1-2H3. The second kappa shape index (κ2) is 9.17. The minimum Gasteiger partial charge on any atom is -0.229 e. The molecule has 2 nitrogen and oxygen atoms in total. The van der Waals surface area contributed by atoms with E-state index in [9.17, 15) is 8.42 Å². The van der Waals surface area contributed by atoms with Gasteiger partial charge in [0.25, 0.3) is 0 Å². The third kappa shape index (κ3) is 6.56. The molecule has 0 saturated heterocycles. The molecule has 1 unspecified atom stereocenters. The average molecular weight is 296 g/mol. The van der Waals surface area contributed by atoms with Gasteiger partial charge in [0.15, 0.2) is 9.84 Å². The molecule has 0 heterocycles. The number of benzene rings is 1. The number of hydrogen-bond acceptors (Lipinski definition) is 2. The topological polar surface area (TPSA) is 34.1 Å². The Morgan fingerprint density at radius 3 is 2.20 bits per heavy atom. The van der Waals surface area contributed by atoms with Crippen LogP contribution in [0.5, 0.6) is 0 Å². The molecule has 0 bridgehead atoms. The van der Waals surface area contributed by atoms with Crippen molar-refractivity contribution in [1.29, 1.82) is 0 Å². The van der Waals surface area contributed by atoms with Crippen molar-refractivity contribution in [3.05, 3.63) is 35.9 Å². The van der Waals surface area contributed by atoms with Crippen molar-refractivity contribution in [2.75, 3.05) is 5.75 Å². The molecular formula is C17H28O2S. The smallest absolute Gasteiger partial charge is 0.153 e. The van der Waals surface area contributed by atoms with E-state index in [0.29, 0.717) is 12.2 Å². The highest BCUT2D eigenvalue weighted by molar-refractivity contribution is 7.92. The van der Waals surface area contributed by atoms with E-state index in [1.807, 2.05) is 37.3 Å². The van der Waals surface area contributed by atoms with Crippen LogP contribution < -0.4 is 0 Å². The van der Waals surface area contributed by atoms with Crippen LogP contribution in [0.25, 0.3) is 0 Å². The van der Waals surface area contributed by atoms with Crippen LogP contribution in [0.15, 0.2) is 30.3 Å². The minimum absolute atomic E-state index is 0.277. The van der Waals surface area contributed by atoms with Gasteiger partial charge in [0, 0.05) is 0 Å². The van der Waals surface area contributed by atoms with Crippen molar-refractivity contribution in [3.8, 4) is 0 Å². The Morgan fingerprint density at radius 2 is 1.55 bits per heavy atom. The molecule has 0 fully saturated rings. The molecule has 0 saturated carbocycles. The average Bonchev–Trinajstić information content (AvgIpc) is 2.43. The molecule has 0 aliphatic carbocycles. The van der Waals surface area contributed by atoms with Crippen LogP contribution in [0.3, 0.4) is 0 Å². The summed E-state index contributed by atoms with van der Waals surface area (Å²) in [4.78, 5) is 0. The third-order valence-corrected chi connectivity index (χ3v) is 6.01. The first-order valence-corrected chi connectivity index (χ1v) is 9.53. The van der Waals surface area contributed by atoms with Crippen molar-refractivity contribution in [3.63, 3.8) is 0 Å². The first-order valence-electron chi connectivity index (χ1n) is 7.81. The van der Waals surface area contributed by atoms with E-state index in [-0.39, 0.29) is 5.25 Å². The van der Waals surface area contributed by atoms with E-state index in [4.69, 9.17) is 0 Å². The van der Waals surface area contributed by atoms with Gasteiger partial charge in [-0.05, 0) is 25.3 Å². The lowest BCUT2D eigenvalue weighted by Gasteiger charge is -2.13. The Labute approximate surface area is 124 Å². The van der Waals surface area contributed by atoms with Crippen molar-refractivity contribution < 1.29 is 8.42 Å². The van der Waals surface area contributed by atoms with E-state index < -0.39 is 9.84 Å². The van der Waals surface area contributed by atoms with Crippen LogP contribution in [-0.4, -0.2) is 19.4 Å². The summed E-state index contributed by atoms with van der Waals surface area (Å²) in [6.45, 7) is 4.02. The molecule has 1 aromatic rings. The fraction of sp³-hybridized carbons (Fsp3) is 0.647.